The van der Waals surface area contributed by atoms with Crippen molar-refractivity contribution in [3.8, 4) is 0 Å². The highest BCUT2D eigenvalue weighted by Crippen LogP contribution is 2.44. The van der Waals surface area contributed by atoms with Crippen molar-refractivity contribution in [2.45, 2.75) is 6.18 Å². The second-order valence-electron chi connectivity index (χ2n) is 3.60. The van der Waals surface area contributed by atoms with Gasteiger partial charge < -0.3 is 0 Å². The van der Waals surface area contributed by atoms with E-state index < -0.39 is 34.3 Å². The lowest BCUT2D eigenvalue weighted by Gasteiger charge is -2.21. The Morgan fingerprint density at radius 3 is 2.00 bits per heavy atom. The Balaban J connectivity index is 2.68. The van der Waals surface area contributed by atoms with Crippen molar-refractivity contribution in [3.05, 3.63) is 39.9 Å². The van der Waals surface area contributed by atoms with Crippen LogP contribution in [0.3, 0.4) is 0 Å². The Morgan fingerprint density at radius 1 is 1.00 bits per heavy atom. The van der Waals surface area contributed by atoms with Crippen molar-refractivity contribution in [2.24, 2.45) is 0 Å². The van der Waals surface area contributed by atoms with Crippen LogP contribution in [0.25, 0.3) is 0 Å². The van der Waals surface area contributed by atoms with Gasteiger partial charge in [-0.2, -0.15) is 13.2 Å². The number of benzene rings is 1. The molecule has 0 aromatic heterocycles. The van der Waals surface area contributed by atoms with Crippen LogP contribution in [0.5, 0.6) is 0 Å². The zero-order valence-corrected chi connectivity index (χ0v) is 10.5. The van der Waals surface area contributed by atoms with Crippen LogP contribution in [-0.2, 0) is 15.8 Å². The molecule has 2 amide bonds. The van der Waals surface area contributed by atoms with Gasteiger partial charge in [0, 0.05) is 12.2 Å². The summed E-state index contributed by atoms with van der Waals surface area (Å²) < 4.78 is 39.0. The van der Waals surface area contributed by atoms with Crippen LogP contribution in [0.1, 0.15) is 5.56 Å². The molecule has 1 aromatic carbocycles. The fourth-order valence-corrected chi connectivity index (χ4v) is 2.06. The molecule has 0 saturated heterocycles. The average Bonchev–Trinajstić information content (AvgIpc) is 2.61. The predicted octanol–water partition coefficient (Wildman–Crippen LogP) is 3.44. The summed E-state index contributed by atoms with van der Waals surface area (Å²) in [5.41, 5.74) is -1.95. The summed E-state index contributed by atoms with van der Waals surface area (Å²) in [4.78, 5) is 23.3. The minimum absolute atomic E-state index is 0.315. The number of amides is 2. The van der Waals surface area contributed by atoms with E-state index in [-0.39, 0.29) is 5.02 Å². The second-order valence-corrected chi connectivity index (χ2v) is 4.38. The monoisotopic (exact) mass is 309 g/mol. The third kappa shape index (κ3) is 2.33. The number of anilines is 1. The lowest BCUT2D eigenvalue weighted by atomic mass is 10.1. The van der Waals surface area contributed by atoms with E-state index in [1.807, 2.05) is 0 Å². The first kappa shape index (κ1) is 13.9. The maximum Gasteiger partial charge on any atom is 0.419 e. The third-order valence-electron chi connectivity index (χ3n) is 2.41. The molecule has 0 radical (unpaired) electrons. The van der Waals surface area contributed by atoms with E-state index in [4.69, 9.17) is 23.2 Å². The van der Waals surface area contributed by atoms with Gasteiger partial charge in [0.05, 0.1) is 21.3 Å². The summed E-state index contributed by atoms with van der Waals surface area (Å²) in [5.74, 6) is -1.73. The molecule has 1 aromatic rings. The predicted molar refractivity (Wildman–Crippen MR) is 63.1 cm³/mol. The van der Waals surface area contributed by atoms with Gasteiger partial charge in [0.1, 0.15) is 0 Å². The van der Waals surface area contributed by atoms with Crippen LogP contribution in [0, 0.1) is 0 Å². The minimum atomic E-state index is -4.85. The Morgan fingerprint density at radius 2 is 1.53 bits per heavy atom. The van der Waals surface area contributed by atoms with Crippen LogP contribution < -0.4 is 4.90 Å². The first-order chi connectivity index (χ1) is 8.73. The molecule has 0 spiro atoms. The molecule has 8 heteroatoms. The summed E-state index contributed by atoms with van der Waals surface area (Å²) in [6.07, 6.45) is -3.09. The lowest BCUT2D eigenvalue weighted by molar-refractivity contribution is -0.137. The molecule has 3 nitrogen and oxygen atoms in total. The van der Waals surface area contributed by atoms with Gasteiger partial charge in [-0.1, -0.05) is 23.2 Å². The molecule has 100 valence electrons. The molecule has 0 fully saturated rings. The Kier molecular flexibility index (Phi) is 3.32. The molecule has 1 aliphatic heterocycles. The van der Waals surface area contributed by atoms with E-state index in [0.717, 1.165) is 24.3 Å². The summed E-state index contributed by atoms with van der Waals surface area (Å²) in [6, 6.07) is 2.02. The third-order valence-corrected chi connectivity index (χ3v) is 3.21. The number of nitrogens with zero attached hydrogens (tertiary/aromatic N) is 1. The Hall–Kier alpha value is -1.53. The van der Waals surface area contributed by atoms with E-state index >= 15 is 0 Å². The van der Waals surface area contributed by atoms with Crippen LogP contribution in [0.15, 0.2) is 24.3 Å². The van der Waals surface area contributed by atoms with Gasteiger partial charge in [-0.3, -0.25) is 9.59 Å². The largest absolute Gasteiger partial charge is 0.419 e. The number of carbonyl (C=O) groups is 2. The molecule has 1 heterocycles. The summed E-state index contributed by atoms with van der Waals surface area (Å²) >= 11 is 11.1. The van der Waals surface area contributed by atoms with Crippen molar-refractivity contribution >= 4 is 40.7 Å². The van der Waals surface area contributed by atoms with E-state index in [0.29, 0.717) is 4.90 Å². The number of halogens is 5. The molecule has 1 aliphatic rings. The maximum atomic E-state index is 13.0. The molecule has 0 unspecified atom stereocenters. The van der Waals surface area contributed by atoms with Gasteiger partial charge in [-0.25, -0.2) is 4.90 Å². The lowest BCUT2D eigenvalue weighted by Crippen LogP contribution is -2.31. The molecule has 0 N–H and O–H groups in total. The molecule has 0 atom stereocenters. The highest BCUT2D eigenvalue weighted by molar-refractivity contribution is 6.43. The van der Waals surface area contributed by atoms with Gasteiger partial charge >= 0.3 is 6.18 Å². The van der Waals surface area contributed by atoms with Gasteiger partial charge in [0.15, 0.2) is 0 Å². The number of alkyl halides is 3. The first-order valence-electron chi connectivity index (χ1n) is 4.85. The number of hydrogen-bond donors (Lipinski definition) is 0. The Labute approximate surface area is 115 Å². The average molecular weight is 310 g/mol. The van der Waals surface area contributed by atoms with Crippen molar-refractivity contribution < 1.29 is 22.8 Å². The van der Waals surface area contributed by atoms with Crippen molar-refractivity contribution in [2.75, 3.05) is 4.90 Å². The fourth-order valence-electron chi connectivity index (χ4n) is 1.63. The van der Waals surface area contributed by atoms with E-state index in [9.17, 15) is 22.8 Å². The molecular formula is C11H4Cl2F3NO2. The maximum absolute atomic E-state index is 13.0. The number of rotatable bonds is 1. The van der Waals surface area contributed by atoms with Crippen molar-refractivity contribution in [3.63, 3.8) is 0 Å². The van der Waals surface area contributed by atoms with Crippen LogP contribution in [-0.4, -0.2) is 11.8 Å². The number of hydrogen-bond acceptors (Lipinski definition) is 2. The van der Waals surface area contributed by atoms with E-state index in [1.165, 1.54) is 0 Å². The van der Waals surface area contributed by atoms with E-state index in [2.05, 4.69) is 0 Å². The van der Waals surface area contributed by atoms with Crippen molar-refractivity contribution in [1.82, 2.24) is 0 Å². The quantitative estimate of drug-likeness (QED) is 0.745. The zero-order chi connectivity index (χ0) is 14.4. The highest BCUT2D eigenvalue weighted by Gasteiger charge is 2.41. The number of imide groups is 1. The Bertz CT molecular complexity index is 593. The molecule has 0 bridgehead atoms. The summed E-state index contributed by atoms with van der Waals surface area (Å²) in [6.45, 7) is 0. The smallest absolute Gasteiger partial charge is 0.269 e. The summed E-state index contributed by atoms with van der Waals surface area (Å²) in [7, 11) is 0. The second kappa shape index (κ2) is 4.54. The topological polar surface area (TPSA) is 37.4 Å². The SMILES string of the molecule is O=C1C=CC(=O)N1c1ccc(Cl)c(Cl)c1C(F)(F)F. The number of carbonyl (C=O) groups excluding carboxylic acids is 2. The molecular weight excluding hydrogens is 306 g/mol. The zero-order valence-electron chi connectivity index (χ0n) is 8.96. The minimum Gasteiger partial charge on any atom is -0.269 e. The molecule has 0 saturated carbocycles. The molecule has 19 heavy (non-hydrogen) atoms. The van der Waals surface area contributed by atoms with Crippen molar-refractivity contribution in [1.29, 1.82) is 0 Å². The molecule has 0 aliphatic carbocycles. The summed E-state index contributed by atoms with van der Waals surface area (Å²) in [5, 5.41) is -1.07. The van der Waals surface area contributed by atoms with Crippen LogP contribution in [0.4, 0.5) is 18.9 Å². The molecule has 2 rings (SSSR count). The highest BCUT2D eigenvalue weighted by atomic mass is 35.5. The van der Waals surface area contributed by atoms with Gasteiger partial charge in [0.25, 0.3) is 11.8 Å². The van der Waals surface area contributed by atoms with E-state index in [1.54, 1.807) is 0 Å². The van der Waals surface area contributed by atoms with Crippen LogP contribution in [0.2, 0.25) is 10.0 Å². The fraction of sp³-hybridized carbons (Fsp3) is 0.0909. The first-order valence-corrected chi connectivity index (χ1v) is 5.60. The van der Waals surface area contributed by atoms with Gasteiger partial charge in [0.2, 0.25) is 0 Å². The van der Waals surface area contributed by atoms with Crippen LogP contribution >= 0.6 is 23.2 Å². The normalized spacial score (nSPS) is 15.5. The standard InChI is InChI=1S/C11H4Cl2F3NO2/c12-5-1-2-6(9(10(5)13)11(14,15)16)17-7(18)3-4-8(17)19/h1-4H. The van der Waals surface area contributed by atoms with Gasteiger partial charge in [-0.15, -0.1) is 0 Å². The van der Waals surface area contributed by atoms with Gasteiger partial charge in [-0.05, 0) is 12.1 Å².